The van der Waals surface area contributed by atoms with Crippen LogP contribution in [0.2, 0.25) is 5.02 Å². The highest BCUT2D eigenvalue weighted by atomic mass is 35.5. The first-order valence-electron chi connectivity index (χ1n) is 10.2. The standard InChI is InChI=1S/C23H19ClF2N6O/c1-22(25,26)20-16(5-8-27)21(31(2)30-20)32-12-15(11-29-32)14-3-4-18(24)17(9-14)19(33)10-23(13-28)6-7-23/h3-4,9,11-12H,5-7,10H2,1-2H3. The van der Waals surface area contributed by atoms with Crippen LogP contribution in [0.4, 0.5) is 8.78 Å². The van der Waals surface area contributed by atoms with Gasteiger partial charge in [0, 0.05) is 43.3 Å². The molecule has 3 aromatic rings. The molecule has 10 heteroatoms. The van der Waals surface area contributed by atoms with Gasteiger partial charge in [0.05, 0.1) is 35.2 Å². The highest BCUT2D eigenvalue weighted by Crippen LogP contribution is 2.49. The van der Waals surface area contributed by atoms with Crippen molar-refractivity contribution in [3.63, 3.8) is 0 Å². The van der Waals surface area contributed by atoms with Gasteiger partial charge in [-0.25, -0.2) is 4.68 Å². The van der Waals surface area contributed by atoms with E-state index in [9.17, 15) is 18.8 Å². The Bertz CT molecular complexity index is 1330. The number of carbonyl (C=O) groups is 1. The van der Waals surface area contributed by atoms with Crippen LogP contribution in [0.15, 0.2) is 30.6 Å². The van der Waals surface area contributed by atoms with Crippen molar-refractivity contribution in [2.75, 3.05) is 0 Å². The number of aromatic nitrogens is 4. The molecule has 7 nitrogen and oxygen atoms in total. The molecule has 1 aromatic carbocycles. The van der Waals surface area contributed by atoms with E-state index in [1.165, 1.54) is 22.6 Å². The fourth-order valence-corrected chi connectivity index (χ4v) is 4.05. The molecule has 0 N–H and O–H groups in total. The van der Waals surface area contributed by atoms with E-state index in [0.29, 0.717) is 34.6 Å². The minimum absolute atomic E-state index is 0.0976. The first kappa shape index (κ1) is 22.6. The molecular formula is C23H19ClF2N6O. The third kappa shape index (κ3) is 4.24. The highest BCUT2D eigenvalue weighted by molar-refractivity contribution is 6.34. The Morgan fingerprint density at radius 3 is 2.64 bits per heavy atom. The normalized spacial score (nSPS) is 14.5. The Kier molecular flexibility index (Phi) is 5.55. The number of benzene rings is 1. The molecule has 1 aliphatic rings. The van der Waals surface area contributed by atoms with Gasteiger partial charge in [0.1, 0.15) is 5.69 Å². The van der Waals surface area contributed by atoms with Crippen LogP contribution in [0.25, 0.3) is 16.9 Å². The third-order valence-corrected chi connectivity index (χ3v) is 6.10. The third-order valence-electron chi connectivity index (χ3n) is 5.77. The number of hydrogen-bond donors (Lipinski definition) is 0. The van der Waals surface area contributed by atoms with Gasteiger partial charge in [0.15, 0.2) is 11.6 Å². The molecule has 2 aromatic heterocycles. The molecule has 0 amide bonds. The zero-order valence-electron chi connectivity index (χ0n) is 17.9. The number of ketones is 1. The Hall–Kier alpha value is -3.56. The van der Waals surface area contributed by atoms with Crippen molar-refractivity contribution in [2.24, 2.45) is 12.5 Å². The minimum Gasteiger partial charge on any atom is -0.294 e. The van der Waals surface area contributed by atoms with E-state index >= 15 is 0 Å². The van der Waals surface area contributed by atoms with Crippen LogP contribution >= 0.6 is 11.6 Å². The SMILES string of the molecule is Cn1nc(C(C)(F)F)c(CC#N)c1-n1cc(-c2ccc(Cl)c(C(=O)CC3(C#N)CC3)c2)cn1. The van der Waals surface area contributed by atoms with Crippen LogP contribution in [-0.2, 0) is 19.4 Å². The zero-order valence-corrected chi connectivity index (χ0v) is 18.7. The Balaban J connectivity index is 1.71. The average Bonchev–Trinajstić information content (AvgIpc) is 3.20. The first-order chi connectivity index (χ1) is 15.6. The quantitative estimate of drug-likeness (QED) is 0.455. The van der Waals surface area contributed by atoms with E-state index in [1.54, 1.807) is 24.4 Å². The number of alkyl halides is 2. The number of carbonyl (C=O) groups excluding carboxylic acids is 1. The largest absolute Gasteiger partial charge is 0.294 e. The Labute approximate surface area is 193 Å². The van der Waals surface area contributed by atoms with Gasteiger partial charge in [-0.05, 0) is 30.5 Å². The summed E-state index contributed by atoms with van der Waals surface area (Å²) in [5.74, 6) is -3.16. The summed E-state index contributed by atoms with van der Waals surface area (Å²) in [7, 11) is 1.51. The number of hydrogen-bond acceptors (Lipinski definition) is 5. The molecular weight excluding hydrogens is 450 g/mol. The van der Waals surface area contributed by atoms with Gasteiger partial charge >= 0.3 is 0 Å². The van der Waals surface area contributed by atoms with Gasteiger partial charge in [-0.2, -0.15) is 29.5 Å². The molecule has 0 bridgehead atoms. The van der Waals surface area contributed by atoms with Gasteiger partial charge in [-0.15, -0.1) is 0 Å². The molecule has 1 saturated carbocycles. The maximum atomic E-state index is 14.0. The first-order valence-corrected chi connectivity index (χ1v) is 10.6. The van der Waals surface area contributed by atoms with Crippen molar-refractivity contribution in [1.29, 1.82) is 10.5 Å². The van der Waals surface area contributed by atoms with Gasteiger partial charge in [-0.3, -0.25) is 9.48 Å². The summed E-state index contributed by atoms with van der Waals surface area (Å²) in [6, 6.07) is 9.10. The van der Waals surface area contributed by atoms with Crippen LogP contribution in [-0.4, -0.2) is 25.3 Å². The lowest BCUT2D eigenvalue weighted by Crippen LogP contribution is -2.11. The van der Waals surface area contributed by atoms with Crippen molar-refractivity contribution in [1.82, 2.24) is 19.6 Å². The molecule has 168 valence electrons. The van der Waals surface area contributed by atoms with E-state index in [0.717, 1.165) is 6.92 Å². The number of nitrogens with zero attached hydrogens (tertiary/aromatic N) is 6. The molecule has 1 fully saturated rings. The summed E-state index contributed by atoms with van der Waals surface area (Å²) in [5, 5.41) is 26.9. The van der Waals surface area contributed by atoms with Crippen molar-refractivity contribution >= 4 is 17.4 Å². The molecule has 1 aliphatic carbocycles. The lowest BCUT2D eigenvalue weighted by Gasteiger charge is -2.09. The smallest absolute Gasteiger partial charge is 0.289 e. The Morgan fingerprint density at radius 1 is 1.30 bits per heavy atom. The maximum Gasteiger partial charge on any atom is 0.289 e. The van der Waals surface area contributed by atoms with Gasteiger partial charge in [0.25, 0.3) is 5.92 Å². The van der Waals surface area contributed by atoms with E-state index in [2.05, 4.69) is 16.3 Å². The van der Waals surface area contributed by atoms with E-state index in [-0.39, 0.29) is 30.0 Å². The molecule has 0 radical (unpaired) electrons. The lowest BCUT2D eigenvalue weighted by atomic mass is 9.95. The highest BCUT2D eigenvalue weighted by Gasteiger charge is 2.45. The van der Waals surface area contributed by atoms with Crippen LogP contribution in [0, 0.1) is 28.1 Å². The fourth-order valence-electron chi connectivity index (χ4n) is 3.83. The fraction of sp³-hybridized carbons (Fsp3) is 0.348. The topological polar surface area (TPSA) is 100 Å². The van der Waals surface area contributed by atoms with Gasteiger partial charge in [-0.1, -0.05) is 17.7 Å². The molecule has 0 unspecified atom stereocenters. The van der Waals surface area contributed by atoms with Gasteiger partial charge < -0.3 is 0 Å². The summed E-state index contributed by atoms with van der Waals surface area (Å²) < 4.78 is 30.7. The molecule has 4 rings (SSSR count). The number of nitriles is 2. The molecule has 33 heavy (non-hydrogen) atoms. The lowest BCUT2D eigenvalue weighted by molar-refractivity contribution is 0.0114. The number of halogens is 3. The summed E-state index contributed by atoms with van der Waals surface area (Å²) in [4.78, 5) is 12.8. The number of aryl methyl sites for hydroxylation is 1. The monoisotopic (exact) mass is 468 g/mol. The van der Waals surface area contributed by atoms with Crippen molar-refractivity contribution in [2.45, 2.75) is 38.5 Å². The van der Waals surface area contributed by atoms with E-state index < -0.39 is 17.0 Å². The molecule has 0 aliphatic heterocycles. The summed E-state index contributed by atoms with van der Waals surface area (Å²) in [6.45, 7) is 0.735. The number of Topliss-reactive ketones (excluding diaryl/α,β-unsaturated/α-hetero) is 1. The van der Waals surface area contributed by atoms with E-state index in [1.807, 2.05) is 6.07 Å². The second-order valence-corrected chi connectivity index (χ2v) is 8.77. The van der Waals surface area contributed by atoms with Crippen molar-refractivity contribution in [3.8, 4) is 29.1 Å². The Morgan fingerprint density at radius 2 is 2.03 bits per heavy atom. The van der Waals surface area contributed by atoms with Crippen molar-refractivity contribution < 1.29 is 13.6 Å². The molecule has 0 saturated heterocycles. The van der Waals surface area contributed by atoms with Crippen LogP contribution < -0.4 is 0 Å². The van der Waals surface area contributed by atoms with Crippen LogP contribution in [0.3, 0.4) is 0 Å². The average molecular weight is 469 g/mol. The minimum atomic E-state index is -3.22. The van der Waals surface area contributed by atoms with Gasteiger partial charge in [0.2, 0.25) is 0 Å². The van der Waals surface area contributed by atoms with E-state index in [4.69, 9.17) is 16.9 Å². The predicted octanol–water partition coefficient (Wildman–Crippen LogP) is 4.98. The summed E-state index contributed by atoms with van der Waals surface area (Å²) >= 11 is 6.26. The van der Waals surface area contributed by atoms with Crippen LogP contribution in [0.5, 0.6) is 0 Å². The van der Waals surface area contributed by atoms with Crippen LogP contribution in [0.1, 0.15) is 47.8 Å². The molecule has 0 spiro atoms. The second-order valence-electron chi connectivity index (χ2n) is 8.36. The second kappa shape index (κ2) is 8.09. The molecule has 0 atom stereocenters. The van der Waals surface area contributed by atoms with Crippen molar-refractivity contribution in [3.05, 3.63) is 52.4 Å². The predicted molar refractivity (Wildman–Crippen MR) is 116 cm³/mol. The molecule has 2 heterocycles. The summed E-state index contributed by atoms with van der Waals surface area (Å²) in [5.41, 5.74) is 0.639. The zero-order chi connectivity index (χ0) is 24.0. The number of rotatable bonds is 7. The maximum absolute atomic E-state index is 14.0. The summed E-state index contributed by atoms with van der Waals surface area (Å²) in [6.07, 6.45) is 4.41.